The molecule has 0 aliphatic heterocycles. The smallest absolute Gasteiger partial charge is 0.242 e. The third-order valence-electron chi connectivity index (χ3n) is 4.90. The maximum Gasteiger partial charge on any atom is 0.242 e. The summed E-state index contributed by atoms with van der Waals surface area (Å²) in [7, 11) is 0. The molecule has 31 heavy (non-hydrogen) atoms. The Kier molecular flexibility index (Phi) is 10.2. The fraction of sp³-hybridized carbons (Fsp3) is 0.417. The molecule has 0 saturated heterocycles. The number of hydrogen-bond acceptors (Lipinski definition) is 3. The Hall–Kier alpha value is -1.69. The highest BCUT2D eigenvalue weighted by atomic mass is 35.5. The average Bonchev–Trinajstić information content (AvgIpc) is 2.69. The summed E-state index contributed by atoms with van der Waals surface area (Å²) in [6.07, 6.45) is 0.501. The number of carbonyl (C=O) groups is 2. The Balaban J connectivity index is 2.19. The molecule has 0 saturated carbocycles. The quantitative estimate of drug-likeness (QED) is 0.468. The fourth-order valence-electron chi connectivity index (χ4n) is 3.56. The lowest BCUT2D eigenvalue weighted by Gasteiger charge is -2.31. The van der Waals surface area contributed by atoms with Crippen LogP contribution in [0.2, 0.25) is 10.0 Å². The van der Waals surface area contributed by atoms with Gasteiger partial charge in [0.2, 0.25) is 11.8 Å². The SMILES string of the molecule is CCNC(=O)[C@H](CC)N(Cc1c(Cl)cccc1Cl)C(=O)CSCc1cc(C)cc(C)c1. The van der Waals surface area contributed by atoms with Gasteiger partial charge in [-0.1, -0.05) is 65.5 Å². The molecule has 0 heterocycles. The summed E-state index contributed by atoms with van der Waals surface area (Å²) in [5, 5.41) is 3.81. The first-order chi connectivity index (χ1) is 14.8. The molecule has 0 aliphatic carbocycles. The number of amides is 2. The van der Waals surface area contributed by atoms with Crippen LogP contribution in [0.25, 0.3) is 0 Å². The normalized spacial score (nSPS) is 11.8. The van der Waals surface area contributed by atoms with Crippen LogP contribution in [0.3, 0.4) is 0 Å². The highest BCUT2D eigenvalue weighted by molar-refractivity contribution is 7.99. The number of nitrogens with one attached hydrogen (secondary N) is 1. The number of halogens is 2. The highest BCUT2D eigenvalue weighted by Crippen LogP contribution is 2.27. The van der Waals surface area contributed by atoms with E-state index in [0.717, 1.165) is 5.75 Å². The molecule has 0 unspecified atom stereocenters. The van der Waals surface area contributed by atoms with E-state index >= 15 is 0 Å². The van der Waals surface area contributed by atoms with Crippen molar-refractivity contribution in [1.82, 2.24) is 10.2 Å². The molecular formula is C24H30Cl2N2O2S. The van der Waals surface area contributed by atoms with Gasteiger partial charge in [0, 0.05) is 34.5 Å². The Morgan fingerprint density at radius 2 is 1.68 bits per heavy atom. The molecule has 2 amide bonds. The number of nitrogens with zero attached hydrogens (tertiary/aromatic N) is 1. The van der Waals surface area contributed by atoms with Crippen LogP contribution in [0.1, 0.15) is 42.5 Å². The van der Waals surface area contributed by atoms with Crippen molar-refractivity contribution in [1.29, 1.82) is 0 Å². The maximum absolute atomic E-state index is 13.2. The van der Waals surface area contributed by atoms with Crippen LogP contribution in [0.15, 0.2) is 36.4 Å². The number of likely N-dealkylation sites (N-methyl/N-ethyl adjacent to an activating group) is 1. The molecule has 0 radical (unpaired) electrons. The Morgan fingerprint density at radius 3 is 2.23 bits per heavy atom. The van der Waals surface area contributed by atoms with E-state index in [9.17, 15) is 9.59 Å². The van der Waals surface area contributed by atoms with Gasteiger partial charge < -0.3 is 10.2 Å². The first-order valence-electron chi connectivity index (χ1n) is 10.4. The molecule has 0 bridgehead atoms. The molecule has 1 N–H and O–H groups in total. The van der Waals surface area contributed by atoms with Crippen molar-refractivity contribution in [3.8, 4) is 0 Å². The summed E-state index contributed by atoms with van der Waals surface area (Å²) in [4.78, 5) is 27.5. The molecule has 1 atom stereocenters. The molecule has 0 spiro atoms. The number of benzene rings is 2. The zero-order valence-electron chi connectivity index (χ0n) is 18.5. The second-order valence-corrected chi connectivity index (χ2v) is 9.33. The minimum atomic E-state index is -0.582. The second-order valence-electron chi connectivity index (χ2n) is 7.53. The highest BCUT2D eigenvalue weighted by Gasteiger charge is 2.29. The van der Waals surface area contributed by atoms with Gasteiger partial charge in [-0.15, -0.1) is 11.8 Å². The summed E-state index contributed by atoms with van der Waals surface area (Å²) >= 11 is 14.2. The van der Waals surface area contributed by atoms with Gasteiger partial charge in [0.1, 0.15) is 6.04 Å². The molecule has 168 valence electrons. The maximum atomic E-state index is 13.2. The van der Waals surface area contributed by atoms with E-state index in [1.165, 1.54) is 16.7 Å². The number of hydrogen-bond donors (Lipinski definition) is 1. The average molecular weight is 481 g/mol. The van der Waals surface area contributed by atoms with Gasteiger partial charge in [-0.05, 0) is 44.9 Å². The van der Waals surface area contributed by atoms with E-state index in [-0.39, 0.29) is 24.1 Å². The van der Waals surface area contributed by atoms with Crippen molar-refractivity contribution in [3.05, 3.63) is 68.7 Å². The van der Waals surface area contributed by atoms with Crippen LogP contribution < -0.4 is 5.32 Å². The topological polar surface area (TPSA) is 49.4 Å². The van der Waals surface area contributed by atoms with Crippen molar-refractivity contribution >= 4 is 46.8 Å². The zero-order chi connectivity index (χ0) is 23.0. The lowest BCUT2D eigenvalue weighted by Crippen LogP contribution is -2.49. The van der Waals surface area contributed by atoms with Gasteiger partial charge >= 0.3 is 0 Å². The molecule has 7 heteroatoms. The lowest BCUT2D eigenvalue weighted by molar-refractivity contribution is -0.139. The molecule has 0 aliphatic rings. The van der Waals surface area contributed by atoms with Gasteiger partial charge in [0.05, 0.1) is 5.75 Å². The monoisotopic (exact) mass is 480 g/mol. The first kappa shape index (κ1) is 25.6. The standard InChI is InChI=1S/C24H30Cl2N2O2S/c1-5-22(24(30)27-6-2)28(13-19-20(25)8-7-9-21(19)26)23(29)15-31-14-18-11-16(3)10-17(4)12-18/h7-12,22H,5-6,13-15H2,1-4H3,(H,27,30)/t22-/m0/s1. The van der Waals surface area contributed by atoms with E-state index in [1.54, 1.807) is 34.9 Å². The largest absolute Gasteiger partial charge is 0.355 e. The number of rotatable bonds is 10. The van der Waals surface area contributed by atoms with Crippen LogP contribution in [0.4, 0.5) is 0 Å². The van der Waals surface area contributed by atoms with Crippen LogP contribution in [-0.2, 0) is 21.9 Å². The van der Waals surface area contributed by atoms with Crippen molar-refractivity contribution in [2.45, 2.75) is 52.5 Å². The van der Waals surface area contributed by atoms with Crippen LogP contribution >= 0.6 is 35.0 Å². The molecule has 2 rings (SSSR count). The molecule has 2 aromatic rings. The predicted octanol–water partition coefficient (Wildman–Crippen LogP) is 5.79. The van der Waals surface area contributed by atoms with Gasteiger partial charge in [-0.3, -0.25) is 9.59 Å². The predicted molar refractivity (Wildman–Crippen MR) is 132 cm³/mol. The van der Waals surface area contributed by atoms with Gasteiger partial charge in [0.25, 0.3) is 0 Å². The lowest BCUT2D eigenvalue weighted by atomic mass is 10.1. The first-order valence-corrected chi connectivity index (χ1v) is 12.3. The summed E-state index contributed by atoms with van der Waals surface area (Å²) in [6.45, 7) is 8.60. The van der Waals surface area contributed by atoms with Crippen molar-refractivity contribution < 1.29 is 9.59 Å². The fourth-order valence-corrected chi connectivity index (χ4v) is 4.92. The minimum absolute atomic E-state index is 0.108. The van der Waals surface area contributed by atoms with Crippen LogP contribution in [0.5, 0.6) is 0 Å². The Morgan fingerprint density at radius 1 is 1.06 bits per heavy atom. The molecule has 0 aromatic heterocycles. The van der Waals surface area contributed by atoms with Gasteiger partial charge in [-0.2, -0.15) is 0 Å². The third kappa shape index (κ3) is 7.44. The second kappa shape index (κ2) is 12.4. The summed E-state index contributed by atoms with van der Waals surface area (Å²) in [6, 6.07) is 11.1. The molecule has 0 fully saturated rings. The van der Waals surface area contributed by atoms with Crippen molar-refractivity contribution in [2.24, 2.45) is 0 Å². The van der Waals surface area contributed by atoms with E-state index in [1.807, 2.05) is 13.8 Å². The number of aryl methyl sites for hydroxylation is 2. The van der Waals surface area contributed by atoms with Crippen molar-refractivity contribution in [3.63, 3.8) is 0 Å². The van der Waals surface area contributed by atoms with Crippen LogP contribution in [-0.4, -0.2) is 35.1 Å². The summed E-state index contributed by atoms with van der Waals surface area (Å²) in [5.74, 6) is 0.724. The molecule has 2 aromatic carbocycles. The third-order valence-corrected chi connectivity index (χ3v) is 6.60. The van der Waals surface area contributed by atoms with E-state index < -0.39 is 6.04 Å². The number of carbonyl (C=O) groups excluding carboxylic acids is 2. The number of thioether (sulfide) groups is 1. The van der Waals surface area contributed by atoms with Gasteiger partial charge in [-0.25, -0.2) is 0 Å². The van der Waals surface area contributed by atoms with E-state index in [0.29, 0.717) is 28.6 Å². The Labute approximate surface area is 199 Å². The molecular weight excluding hydrogens is 451 g/mol. The summed E-state index contributed by atoms with van der Waals surface area (Å²) < 4.78 is 0. The zero-order valence-corrected chi connectivity index (χ0v) is 20.8. The van der Waals surface area contributed by atoms with Crippen molar-refractivity contribution in [2.75, 3.05) is 12.3 Å². The van der Waals surface area contributed by atoms with Gasteiger partial charge in [0.15, 0.2) is 0 Å². The van der Waals surface area contributed by atoms with Crippen LogP contribution in [0, 0.1) is 13.8 Å². The van der Waals surface area contributed by atoms with E-state index in [2.05, 4.69) is 37.4 Å². The van der Waals surface area contributed by atoms with E-state index in [4.69, 9.17) is 23.2 Å². The Bertz CT molecular complexity index is 880. The molecule has 4 nitrogen and oxygen atoms in total. The minimum Gasteiger partial charge on any atom is -0.355 e. The summed E-state index contributed by atoms with van der Waals surface area (Å²) in [5.41, 5.74) is 4.26.